The Morgan fingerprint density at radius 2 is 2.04 bits per heavy atom. The van der Waals surface area contributed by atoms with Gasteiger partial charge in [-0.15, -0.1) is 16.4 Å². The lowest BCUT2D eigenvalue weighted by Gasteiger charge is -2.30. The van der Waals surface area contributed by atoms with Gasteiger partial charge in [0.05, 0.1) is 13.0 Å². The van der Waals surface area contributed by atoms with Gasteiger partial charge < -0.3 is 9.57 Å². The predicted molar refractivity (Wildman–Crippen MR) is 92.7 cm³/mol. The number of nitrogens with zero attached hydrogens (tertiary/aromatic N) is 2. The Balaban J connectivity index is 1.31. The quantitative estimate of drug-likeness (QED) is 0.753. The molecule has 2 aromatic rings. The number of benzene rings is 1. The molecule has 3 rings (SSSR count). The smallest absolute Gasteiger partial charge is 0.331 e. The van der Waals surface area contributed by atoms with Crippen LogP contribution in [0.1, 0.15) is 24.3 Å². The summed E-state index contributed by atoms with van der Waals surface area (Å²) < 4.78 is 18.5. The minimum absolute atomic E-state index is 0.225. The summed E-state index contributed by atoms with van der Waals surface area (Å²) in [5, 5.41) is 4.37. The van der Waals surface area contributed by atoms with Crippen LogP contribution >= 0.6 is 11.3 Å². The van der Waals surface area contributed by atoms with E-state index in [0.717, 1.165) is 37.4 Å². The van der Waals surface area contributed by atoms with E-state index in [0.29, 0.717) is 18.3 Å². The van der Waals surface area contributed by atoms with Gasteiger partial charge in [-0.25, -0.2) is 14.2 Å². The van der Waals surface area contributed by atoms with E-state index >= 15 is 0 Å². The molecule has 1 saturated heterocycles. The van der Waals surface area contributed by atoms with Crippen molar-refractivity contribution >= 4 is 17.3 Å². The summed E-state index contributed by atoms with van der Waals surface area (Å²) in [5.74, 6) is 0.724. The van der Waals surface area contributed by atoms with Gasteiger partial charge in [0.2, 0.25) is 0 Å². The number of hydrogen-bond acceptors (Lipinski definition) is 6. The van der Waals surface area contributed by atoms with Crippen LogP contribution in [0, 0.1) is 11.7 Å². The number of thiazole rings is 1. The van der Waals surface area contributed by atoms with Crippen molar-refractivity contribution in [3.63, 3.8) is 0 Å². The third-order valence-electron chi connectivity index (χ3n) is 4.19. The first-order valence-electron chi connectivity index (χ1n) is 8.41. The summed E-state index contributed by atoms with van der Waals surface area (Å²) in [6, 6.07) is 6.07. The van der Waals surface area contributed by atoms with Gasteiger partial charge in [-0.2, -0.15) is 0 Å². The van der Waals surface area contributed by atoms with Gasteiger partial charge in [0.15, 0.2) is 0 Å². The van der Waals surface area contributed by atoms with Crippen molar-refractivity contribution in [1.29, 1.82) is 0 Å². The molecule has 1 aliphatic rings. The lowest BCUT2D eigenvalue weighted by atomic mass is 9.95. The molecule has 1 aliphatic heterocycles. The molecule has 0 amide bonds. The summed E-state index contributed by atoms with van der Waals surface area (Å²) in [6.07, 6.45) is 4.79. The van der Waals surface area contributed by atoms with E-state index < -0.39 is 0 Å². The summed E-state index contributed by atoms with van der Waals surface area (Å²) in [5.41, 5.74) is 0. The van der Waals surface area contributed by atoms with Crippen LogP contribution in [0.15, 0.2) is 35.8 Å². The average molecular weight is 364 g/mol. The van der Waals surface area contributed by atoms with Gasteiger partial charge in [0.1, 0.15) is 16.6 Å². The Labute approximate surface area is 150 Å². The van der Waals surface area contributed by atoms with Crippen molar-refractivity contribution in [1.82, 2.24) is 10.0 Å². The van der Waals surface area contributed by atoms with E-state index in [1.54, 1.807) is 23.4 Å². The summed E-state index contributed by atoms with van der Waals surface area (Å²) in [6.45, 7) is 2.09. The largest absolute Gasteiger partial charge is 0.494 e. The lowest BCUT2D eigenvalue weighted by Crippen LogP contribution is -2.36. The normalized spacial score (nSPS) is 15.9. The highest BCUT2D eigenvalue weighted by Crippen LogP contribution is 2.22. The fourth-order valence-corrected chi connectivity index (χ4v) is 3.41. The Bertz CT molecular complexity index is 655. The maximum absolute atomic E-state index is 12.8. The van der Waals surface area contributed by atoms with E-state index in [-0.39, 0.29) is 18.2 Å². The number of rotatable bonds is 7. The molecule has 0 atom stereocenters. The zero-order valence-corrected chi connectivity index (χ0v) is 14.7. The van der Waals surface area contributed by atoms with E-state index in [4.69, 9.17) is 9.57 Å². The van der Waals surface area contributed by atoms with Crippen molar-refractivity contribution in [2.24, 2.45) is 5.92 Å². The van der Waals surface area contributed by atoms with E-state index in [2.05, 4.69) is 4.98 Å². The van der Waals surface area contributed by atoms with E-state index in [1.165, 1.54) is 23.5 Å². The molecule has 5 nitrogen and oxygen atoms in total. The van der Waals surface area contributed by atoms with Crippen LogP contribution in [0.5, 0.6) is 5.75 Å². The third kappa shape index (κ3) is 5.79. The second-order valence-corrected chi connectivity index (χ2v) is 7.01. The van der Waals surface area contributed by atoms with Gasteiger partial charge in [0, 0.05) is 24.7 Å². The standard InChI is InChI=1S/C18H21FN2O3S/c19-15-1-3-16(4-2-15)23-11-7-14-5-9-21(10-6-14)24-18(22)13-17-20-8-12-25-17/h1-4,8,12,14H,5-7,9-11,13H2. The first kappa shape index (κ1) is 17.8. The zero-order valence-electron chi connectivity index (χ0n) is 13.9. The molecule has 1 aromatic heterocycles. The molecule has 134 valence electrons. The Hall–Kier alpha value is -1.99. The van der Waals surface area contributed by atoms with Crippen LogP contribution in [0.25, 0.3) is 0 Å². The van der Waals surface area contributed by atoms with Crippen LogP contribution in [-0.2, 0) is 16.1 Å². The molecule has 1 aromatic carbocycles. The fraction of sp³-hybridized carbons (Fsp3) is 0.444. The van der Waals surface area contributed by atoms with Crippen LogP contribution in [0.2, 0.25) is 0 Å². The minimum Gasteiger partial charge on any atom is -0.494 e. The Morgan fingerprint density at radius 3 is 2.72 bits per heavy atom. The summed E-state index contributed by atoms with van der Waals surface area (Å²) >= 11 is 1.46. The molecule has 0 saturated carbocycles. The van der Waals surface area contributed by atoms with E-state index in [1.807, 2.05) is 5.38 Å². The number of hydroxylamine groups is 2. The number of aromatic nitrogens is 1. The molecule has 0 N–H and O–H groups in total. The van der Waals surface area contributed by atoms with Gasteiger partial charge in [-0.1, -0.05) is 0 Å². The molecule has 25 heavy (non-hydrogen) atoms. The van der Waals surface area contributed by atoms with Crippen LogP contribution in [-0.4, -0.2) is 35.7 Å². The SMILES string of the molecule is O=C(Cc1nccs1)ON1CCC(CCOc2ccc(F)cc2)CC1. The molecule has 0 radical (unpaired) electrons. The van der Waals surface area contributed by atoms with Crippen molar-refractivity contribution in [2.75, 3.05) is 19.7 Å². The second-order valence-electron chi connectivity index (χ2n) is 6.03. The molecule has 7 heteroatoms. The lowest BCUT2D eigenvalue weighted by molar-refractivity contribution is -0.196. The molecule has 0 spiro atoms. The molecular formula is C18H21FN2O3S. The number of hydrogen-bond donors (Lipinski definition) is 0. The molecule has 2 heterocycles. The number of ether oxygens (including phenoxy) is 1. The first-order valence-corrected chi connectivity index (χ1v) is 9.29. The van der Waals surface area contributed by atoms with Crippen molar-refractivity contribution in [3.8, 4) is 5.75 Å². The third-order valence-corrected chi connectivity index (χ3v) is 4.97. The van der Waals surface area contributed by atoms with Crippen molar-refractivity contribution in [2.45, 2.75) is 25.7 Å². The number of carbonyl (C=O) groups excluding carboxylic acids is 1. The highest BCUT2D eigenvalue weighted by Gasteiger charge is 2.22. The topological polar surface area (TPSA) is 51.7 Å². The monoisotopic (exact) mass is 364 g/mol. The Morgan fingerprint density at radius 1 is 1.28 bits per heavy atom. The number of carbonyl (C=O) groups is 1. The first-order chi connectivity index (χ1) is 12.2. The van der Waals surface area contributed by atoms with Gasteiger partial charge in [-0.05, 0) is 49.4 Å². The van der Waals surface area contributed by atoms with Crippen LogP contribution in [0.3, 0.4) is 0 Å². The molecule has 1 fully saturated rings. The molecule has 0 bridgehead atoms. The zero-order chi connectivity index (χ0) is 17.5. The average Bonchev–Trinajstić information content (AvgIpc) is 3.11. The maximum Gasteiger partial charge on any atom is 0.331 e. The molecular weight excluding hydrogens is 343 g/mol. The Kier molecular flexibility index (Phi) is 6.36. The van der Waals surface area contributed by atoms with Crippen molar-refractivity contribution in [3.05, 3.63) is 46.7 Å². The predicted octanol–water partition coefficient (Wildman–Crippen LogP) is 3.46. The molecule has 0 aliphatic carbocycles. The highest BCUT2D eigenvalue weighted by atomic mass is 32.1. The maximum atomic E-state index is 12.8. The summed E-state index contributed by atoms with van der Waals surface area (Å²) in [4.78, 5) is 21.4. The van der Waals surface area contributed by atoms with Gasteiger partial charge in [0.25, 0.3) is 0 Å². The number of halogens is 1. The minimum atomic E-state index is -0.260. The van der Waals surface area contributed by atoms with Crippen molar-refractivity contribution < 1.29 is 18.8 Å². The highest BCUT2D eigenvalue weighted by molar-refractivity contribution is 7.09. The molecule has 0 unspecified atom stereocenters. The second kappa shape index (κ2) is 8.92. The fourth-order valence-electron chi connectivity index (χ4n) is 2.80. The number of piperidine rings is 1. The van der Waals surface area contributed by atoms with Gasteiger partial charge >= 0.3 is 5.97 Å². The summed E-state index contributed by atoms with van der Waals surface area (Å²) in [7, 11) is 0. The van der Waals surface area contributed by atoms with Crippen LogP contribution < -0.4 is 4.74 Å². The van der Waals surface area contributed by atoms with Crippen LogP contribution in [0.4, 0.5) is 4.39 Å². The van der Waals surface area contributed by atoms with Gasteiger partial charge in [-0.3, -0.25) is 0 Å². The van der Waals surface area contributed by atoms with E-state index in [9.17, 15) is 9.18 Å².